The Balaban J connectivity index is 1.42. The van der Waals surface area contributed by atoms with Crippen molar-refractivity contribution in [3.63, 3.8) is 0 Å². The number of halogens is 2. The molecule has 0 radical (unpaired) electrons. The van der Waals surface area contributed by atoms with Crippen molar-refractivity contribution in [2.24, 2.45) is 0 Å². The number of amides is 1. The molecule has 0 aliphatic carbocycles. The van der Waals surface area contributed by atoms with Gasteiger partial charge in [0.05, 0.1) is 26.8 Å². The van der Waals surface area contributed by atoms with Gasteiger partial charge >= 0.3 is 6.55 Å². The third kappa shape index (κ3) is 3.21. The Kier molecular flexibility index (Phi) is 4.48. The Hall–Kier alpha value is -3.65. The summed E-state index contributed by atoms with van der Waals surface area (Å²) in [5.74, 6) is -0.0717. The van der Waals surface area contributed by atoms with Crippen LogP contribution in [-0.4, -0.2) is 20.4 Å². The number of fused-ring (bicyclic) bond motifs is 2. The monoisotopic (exact) mass is 420 g/mol. The minimum absolute atomic E-state index is 0.180. The Morgan fingerprint density at radius 1 is 1.00 bits per heavy atom. The highest BCUT2D eigenvalue weighted by Crippen LogP contribution is 2.30. The largest absolute Gasteiger partial charge is 0.322 e. The van der Waals surface area contributed by atoms with E-state index in [-0.39, 0.29) is 11.7 Å². The van der Waals surface area contributed by atoms with Gasteiger partial charge in [0.2, 0.25) is 0 Å². The summed E-state index contributed by atoms with van der Waals surface area (Å²) in [5, 5.41) is 2.83. The number of carbonyl (C=O) groups is 1. The van der Waals surface area contributed by atoms with Crippen LogP contribution >= 0.6 is 11.3 Å². The minimum atomic E-state index is -2.71. The molecule has 2 aromatic heterocycles. The molecule has 0 aliphatic rings. The van der Waals surface area contributed by atoms with Crippen molar-refractivity contribution in [2.75, 3.05) is 5.32 Å². The van der Waals surface area contributed by atoms with E-state index < -0.39 is 6.55 Å². The summed E-state index contributed by atoms with van der Waals surface area (Å²) in [6.45, 7) is -2.71. The minimum Gasteiger partial charge on any atom is -0.322 e. The van der Waals surface area contributed by atoms with Crippen molar-refractivity contribution in [1.82, 2.24) is 14.5 Å². The summed E-state index contributed by atoms with van der Waals surface area (Å²) in [6, 6.07) is 18.8. The Labute approximate surface area is 173 Å². The molecule has 0 fully saturated rings. The lowest BCUT2D eigenvalue weighted by Crippen LogP contribution is -2.11. The van der Waals surface area contributed by atoms with Gasteiger partial charge in [-0.05, 0) is 54.6 Å². The third-order valence-corrected chi connectivity index (χ3v) is 5.58. The molecule has 30 heavy (non-hydrogen) atoms. The SMILES string of the molecule is O=C(Nc1ccc(-c2nc3ccccc3n2C(F)F)cc1)c1ccc2ncsc2c1. The highest BCUT2D eigenvalue weighted by molar-refractivity contribution is 7.16. The van der Waals surface area contributed by atoms with Gasteiger partial charge in [0, 0.05) is 16.8 Å². The fraction of sp³-hybridized carbons (Fsp3) is 0.0455. The van der Waals surface area contributed by atoms with Gasteiger partial charge in [-0.3, -0.25) is 9.36 Å². The zero-order valence-corrected chi connectivity index (χ0v) is 16.2. The van der Waals surface area contributed by atoms with E-state index in [0.29, 0.717) is 27.8 Å². The van der Waals surface area contributed by atoms with E-state index in [2.05, 4.69) is 15.3 Å². The first kappa shape index (κ1) is 18.4. The first-order chi connectivity index (χ1) is 14.6. The van der Waals surface area contributed by atoms with Gasteiger partial charge in [0.25, 0.3) is 5.91 Å². The molecule has 0 saturated heterocycles. The van der Waals surface area contributed by atoms with E-state index in [9.17, 15) is 13.6 Å². The molecule has 1 amide bonds. The van der Waals surface area contributed by atoms with Crippen molar-refractivity contribution < 1.29 is 13.6 Å². The fourth-order valence-electron chi connectivity index (χ4n) is 3.35. The molecule has 0 bridgehead atoms. The van der Waals surface area contributed by atoms with Crippen LogP contribution in [0.1, 0.15) is 16.9 Å². The maximum absolute atomic E-state index is 13.7. The summed E-state index contributed by atoms with van der Waals surface area (Å²) in [4.78, 5) is 21.1. The summed E-state index contributed by atoms with van der Waals surface area (Å²) in [5.41, 5.74) is 5.08. The van der Waals surface area contributed by atoms with Crippen LogP contribution in [0.4, 0.5) is 14.5 Å². The summed E-state index contributed by atoms with van der Waals surface area (Å²) >= 11 is 1.47. The number of thiazole rings is 1. The number of aromatic nitrogens is 3. The van der Waals surface area contributed by atoms with Gasteiger partial charge in [0.15, 0.2) is 0 Å². The summed E-state index contributed by atoms with van der Waals surface area (Å²) in [7, 11) is 0. The van der Waals surface area contributed by atoms with Crippen LogP contribution in [0, 0.1) is 0 Å². The number of imidazole rings is 1. The van der Waals surface area contributed by atoms with Gasteiger partial charge < -0.3 is 5.32 Å². The molecule has 5 aromatic rings. The highest BCUT2D eigenvalue weighted by Gasteiger charge is 2.18. The van der Waals surface area contributed by atoms with Crippen LogP contribution in [0.25, 0.3) is 32.6 Å². The van der Waals surface area contributed by atoms with Crippen LogP contribution in [0.3, 0.4) is 0 Å². The van der Waals surface area contributed by atoms with Crippen LogP contribution in [0.5, 0.6) is 0 Å². The molecular weight excluding hydrogens is 406 g/mol. The number of carbonyl (C=O) groups excluding carboxylic acids is 1. The third-order valence-electron chi connectivity index (χ3n) is 4.79. The zero-order valence-electron chi connectivity index (χ0n) is 15.4. The number of rotatable bonds is 4. The molecule has 2 heterocycles. The predicted octanol–water partition coefficient (Wildman–Crippen LogP) is 5.96. The van der Waals surface area contributed by atoms with Gasteiger partial charge in [-0.2, -0.15) is 8.78 Å². The second kappa shape index (κ2) is 7.31. The maximum atomic E-state index is 13.7. The van der Waals surface area contributed by atoms with E-state index in [4.69, 9.17) is 0 Å². The average molecular weight is 420 g/mol. The Morgan fingerprint density at radius 2 is 1.80 bits per heavy atom. The molecule has 5 nitrogen and oxygen atoms in total. The second-order valence-electron chi connectivity index (χ2n) is 6.64. The van der Waals surface area contributed by atoms with E-state index in [0.717, 1.165) is 14.8 Å². The smallest absolute Gasteiger partial charge is 0.320 e. The van der Waals surface area contributed by atoms with E-state index in [1.54, 1.807) is 72.2 Å². The predicted molar refractivity (Wildman–Crippen MR) is 114 cm³/mol. The molecule has 0 saturated carbocycles. The van der Waals surface area contributed by atoms with Crippen molar-refractivity contribution in [3.8, 4) is 11.4 Å². The molecule has 0 unspecified atom stereocenters. The number of hydrogen-bond donors (Lipinski definition) is 1. The van der Waals surface area contributed by atoms with E-state index in [1.165, 1.54) is 11.3 Å². The van der Waals surface area contributed by atoms with E-state index in [1.807, 2.05) is 0 Å². The molecular formula is C22H14F2N4OS. The lowest BCUT2D eigenvalue weighted by atomic mass is 10.1. The number of benzene rings is 3. The van der Waals surface area contributed by atoms with Crippen LogP contribution in [-0.2, 0) is 0 Å². The number of alkyl halides is 2. The van der Waals surface area contributed by atoms with Crippen LogP contribution in [0.15, 0.2) is 72.2 Å². The Bertz CT molecular complexity index is 1380. The van der Waals surface area contributed by atoms with Crippen molar-refractivity contribution in [2.45, 2.75) is 6.55 Å². The fourth-order valence-corrected chi connectivity index (χ4v) is 4.06. The molecule has 0 atom stereocenters. The van der Waals surface area contributed by atoms with Gasteiger partial charge in [-0.15, -0.1) is 11.3 Å². The second-order valence-corrected chi connectivity index (χ2v) is 7.52. The van der Waals surface area contributed by atoms with Gasteiger partial charge in [-0.25, -0.2) is 9.97 Å². The first-order valence-electron chi connectivity index (χ1n) is 9.10. The molecule has 5 rings (SSSR count). The number of anilines is 1. The molecule has 0 spiro atoms. The number of para-hydroxylation sites is 2. The average Bonchev–Trinajstić information content (AvgIpc) is 3.38. The van der Waals surface area contributed by atoms with Crippen molar-refractivity contribution in [3.05, 3.63) is 77.8 Å². The quantitative estimate of drug-likeness (QED) is 0.390. The van der Waals surface area contributed by atoms with Crippen molar-refractivity contribution in [1.29, 1.82) is 0 Å². The summed E-state index contributed by atoms with van der Waals surface area (Å²) in [6.07, 6.45) is 0. The molecule has 3 aromatic carbocycles. The van der Waals surface area contributed by atoms with Gasteiger partial charge in [0.1, 0.15) is 5.82 Å². The molecule has 0 aliphatic heterocycles. The molecule has 8 heteroatoms. The Morgan fingerprint density at radius 3 is 2.60 bits per heavy atom. The summed E-state index contributed by atoms with van der Waals surface area (Å²) < 4.78 is 29.2. The molecule has 1 N–H and O–H groups in total. The van der Waals surface area contributed by atoms with Crippen LogP contribution in [0.2, 0.25) is 0 Å². The lowest BCUT2D eigenvalue weighted by molar-refractivity contribution is 0.0764. The maximum Gasteiger partial charge on any atom is 0.320 e. The number of nitrogens with one attached hydrogen (secondary N) is 1. The van der Waals surface area contributed by atoms with Gasteiger partial charge in [-0.1, -0.05) is 12.1 Å². The first-order valence-corrected chi connectivity index (χ1v) is 9.98. The lowest BCUT2D eigenvalue weighted by Gasteiger charge is -2.09. The number of hydrogen-bond acceptors (Lipinski definition) is 4. The standard InChI is InChI=1S/C22H14F2N4OS/c23-22(24)28-18-4-2-1-3-16(18)27-20(28)13-5-8-15(9-6-13)26-21(29)14-7-10-17-19(11-14)30-12-25-17/h1-12,22H,(H,26,29). The van der Waals surface area contributed by atoms with E-state index >= 15 is 0 Å². The normalized spacial score (nSPS) is 11.4. The zero-order chi connectivity index (χ0) is 20.7. The van der Waals surface area contributed by atoms with Crippen LogP contribution < -0.4 is 5.32 Å². The highest BCUT2D eigenvalue weighted by atomic mass is 32.1. The molecule has 148 valence electrons. The van der Waals surface area contributed by atoms with Crippen molar-refractivity contribution >= 4 is 44.2 Å². The topological polar surface area (TPSA) is 59.8 Å². The number of nitrogens with zero attached hydrogens (tertiary/aromatic N) is 3.